The number of hydrogen-bond donors (Lipinski definition) is 2. The summed E-state index contributed by atoms with van der Waals surface area (Å²) in [5.41, 5.74) is -0.137. The maximum Gasteiger partial charge on any atom is 0.416 e. The molecule has 0 aliphatic carbocycles. The van der Waals surface area contributed by atoms with Crippen LogP contribution in [0.3, 0.4) is 0 Å². The molecular weight excluding hydrogens is 261 g/mol. The maximum absolute atomic E-state index is 12.7. The minimum absolute atomic E-state index is 0.123. The lowest BCUT2D eigenvalue weighted by Gasteiger charge is -2.15. The van der Waals surface area contributed by atoms with Crippen molar-refractivity contribution in [1.29, 1.82) is 0 Å². The van der Waals surface area contributed by atoms with Crippen LogP contribution in [0.5, 0.6) is 0 Å². The number of alkyl halides is 3. The van der Waals surface area contributed by atoms with Gasteiger partial charge in [0.25, 0.3) is 0 Å². The zero-order valence-electron chi connectivity index (χ0n) is 10.4. The minimum atomic E-state index is -4.35. The molecule has 0 saturated heterocycles. The van der Waals surface area contributed by atoms with Gasteiger partial charge in [-0.05, 0) is 50.7 Å². The fourth-order valence-corrected chi connectivity index (χ4v) is 1.79. The van der Waals surface area contributed by atoms with Crippen LogP contribution in [0.15, 0.2) is 18.2 Å². The van der Waals surface area contributed by atoms with Gasteiger partial charge < -0.3 is 10.6 Å². The van der Waals surface area contributed by atoms with Gasteiger partial charge in [-0.15, -0.1) is 0 Å². The van der Waals surface area contributed by atoms with E-state index in [0.29, 0.717) is 10.8 Å². The van der Waals surface area contributed by atoms with E-state index in [4.69, 9.17) is 12.2 Å². The molecule has 0 radical (unpaired) electrons. The monoisotopic (exact) mass is 276 g/mol. The van der Waals surface area contributed by atoms with Crippen LogP contribution >= 0.6 is 12.2 Å². The molecule has 0 unspecified atom stereocenters. The standard InChI is InChI=1S/C12H15F3N2S/c1-7(2)16-11(18)17-9-5-4-8(3)10(6-9)12(13,14)15/h4-7H,1-3H3,(H2,16,17,18). The van der Waals surface area contributed by atoms with Crippen molar-refractivity contribution in [1.82, 2.24) is 5.32 Å². The van der Waals surface area contributed by atoms with E-state index in [1.165, 1.54) is 13.0 Å². The van der Waals surface area contributed by atoms with E-state index in [0.717, 1.165) is 6.07 Å². The van der Waals surface area contributed by atoms with E-state index >= 15 is 0 Å². The number of rotatable bonds is 2. The summed E-state index contributed by atoms with van der Waals surface area (Å²) in [5.74, 6) is 0. The van der Waals surface area contributed by atoms with Crippen LogP contribution < -0.4 is 10.6 Å². The number of nitrogens with one attached hydrogen (secondary N) is 2. The Morgan fingerprint density at radius 1 is 1.28 bits per heavy atom. The Bertz CT molecular complexity index is 441. The Kier molecular flexibility index (Phi) is 4.56. The molecule has 0 spiro atoms. The molecule has 1 rings (SSSR count). The van der Waals surface area contributed by atoms with Crippen LogP contribution in [0.25, 0.3) is 0 Å². The molecule has 0 heterocycles. The summed E-state index contributed by atoms with van der Waals surface area (Å²) < 4.78 is 38.1. The number of anilines is 1. The van der Waals surface area contributed by atoms with Crippen LogP contribution in [0.4, 0.5) is 18.9 Å². The van der Waals surface area contributed by atoms with E-state index in [-0.39, 0.29) is 11.6 Å². The van der Waals surface area contributed by atoms with Gasteiger partial charge in [-0.1, -0.05) is 6.07 Å². The zero-order valence-corrected chi connectivity index (χ0v) is 11.2. The van der Waals surface area contributed by atoms with E-state index in [1.807, 2.05) is 13.8 Å². The summed E-state index contributed by atoms with van der Waals surface area (Å²) in [6.07, 6.45) is -4.35. The second-order valence-corrected chi connectivity index (χ2v) is 4.69. The van der Waals surface area contributed by atoms with Crippen LogP contribution in [0, 0.1) is 6.92 Å². The summed E-state index contributed by atoms with van der Waals surface area (Å²) >= 11 is 4.98. The fourth-order valence-electron chi connectivity index (χ4n) is 1.43. The van der Waals surface area contributed by atoms with Crippen LogP contribution in [0.2, 0.25) is 0 Å². The number of aryl methyl sites for hydroxylation is 1. The molecular formula is C12H15F3N2S. The lowest BCUT2D eigenvalue weighted by molar-refractivity contribution is -0.138. The highest BCUT2D eigenvalue weighted by Gasteiger charge is 2.32. The van der Waals surface area contributed by atoms with Crippen molar-refractivity contribution in [3.63, 3.8) is 0 Å². The summed E-state index contributed by atoms with van der Waals surface area (Å²) in [4.78, 5) is 0. The average molecular weight is 276 g/mol. The molecule has 0 amide bonds. The van der Waals surface area contributed by atoms with Gasteiger partial charge in [0.05, 0.1) is 5.56 Å². The molecule has 0 aliphatic heterocycles. The molecule has 2 N–H and O–H groups in total. The van der Waals surface area contributed by atoms with Gasteiger partial charge >= 0.3 is 6.18 Å². The van der Waals surface area contributed by atoms with Gasteiger partial charge in [0.1, 0.15) is 0 Å². The van der Waals surface area contributed by atoms with Crippen LogP contribution in [-0.2, 0) is 6.18 Å². The highest BCUT2D eigenvalue weighted by Crippen LogP contribution is 2.33. The van der Waals surface area contributed by atoms with Gasteiger partial charge in [0.2, 0.25) is 0 Å². The molecule has 0 atom stereocenters. The summed E-state index contributed by atoms with van der Waals surface area (Å²) in [6, 6.07) is 4.17. The third kappa shape index (κ3) is 4.18. The van der Waals surface area contributed by atoms with Crippen LogP contribution in [-0.4, -0.2) is 11.2 Å². The minimum Gasteiger partial charge on any atom is -0.360 e. The molecule has 0 saturated carbocycles. The number of benzene rings is 1. The summed E-state index contributed by atoms with van der Waals surface area (Å²) in [5, 5.41) is 5.94. The number of halogens is 3. The third-order valence-electron chi connectivity index (χ3n) is 2.22. The van der Waals surface area contributed by atoms with E-state index in [9.17, 15) is 13.2 Å². The molecule has 0 fully saturated rings. The number of hydrogen-bond acceptors (Lipinski definition) is 1. The molecule has 100 valence electrons. The molecule has 18 heavy (non-hydrogen) atoms. The van der Waals surface area contributed by atoms with Crippen molar-refractivity contribution in [3.05, 3.63) is 29.3 Å². The molecule has 1 aromatic carbocycles. The van der Waals surface area contributed by atoms with Crippen molar-refractivity contribution in [2.24, 2.45) is 0 Å². The van der Waals surface area contributed by atoms with E-state index < -0.39 is 11.7 Å². The van der Waals surface area contributed by atoms with E-state index in [2.05, 4.69) is 10.6 Å². The Morgan fingerprint density at radius 3 is 2.39 bits per heavy atom. The second kappa shape index (κ2) is 5.56. The van der Waals surface area contributed by atoms with Crippen molar-refractivity contribution in [2.45, 2.75) is 33.0 Å². The second-order valence-electron chi connectivity index (χ2n) is 4.28. The number of thiocarbonyl (C=S) groups is 1. The Morgan fingerprint density at radius 2 is 1.89 bits per heavy atom. The highest BCUT2D eigenvalue weighted by atomic mass is 32.1. The molecule has 2 nitrogen and oxygen atoms in total. The molecule has 0 aromatic heterocycles. The SMILES string of the molecule is Cc1ccc(NC(=S)NC(C)C)cc1C(F)(F)F. The Balaban J connectivity index is 2.89. The largest absolute Gasteiger partial charge is 0.416 e. The Hall–Kier alpha value is -1.30. The van der Waals surface area contributed by atoms with Crippen molar-refractivity contribution >= 4 is 23.0 Å². The third-order valence-corrected chi connectivity index (χ3v) is 2.44. The average Bonchev–Trinajstić information content (AvgIpc) is 2.17. The topological polar surface area (TPSA) is 24.1 Å². The predicted molar refractivity (Wildman–Crippen MR) is 70.7 cm³/mol. The lowest BCUT2D eigenvalue weighted by atomic mass is 10.1. The van der Waals surface area contributed by atoms with Gasteiger partial charge in [0, 0.05) is 11.7 Å². The lowest BCUT2D eigenvalue weighted by Crippen LogP contribution is -2.33. The first-order valence-electron chi connectivity index (χ1n) is 5.45. The zero-order chi connectivity index (χ0) is 13.9. The first kappa shape index (κ1) is 14.8. The molecule has 0 aliphatic rings. The van der Waals surface area contributed by atoms with Gasteiger partial charge in [-0.2, -0.15) is 13.2 Å². The molecule has 0 bridgehead atoms. The van der Waals surface area contributed by atoms with Gasteiger partial charge in [-0.3, -0.25) is 0 Å². The van der Waals surface area contributed by atoms with Gasteiger partial charge in [0.15, 0.2) is 5.11 Å². The van der Waals surface area contributed by atoms with Crippen molar-refractivity contribution in [2.75, 3.05) is 5.32 Å². The molecule has 1 aromatic rings. The van der Waals surface area contributed by atoms with Crippen LogP contribution in [0.1, 0.15) is 25.0 Å². The maximum atomic E-state index is 12.7. The predicted octanol–water partition coefficient (Wildman–Crippen LogP) is 3.71. The fraction of sp³-hybridized carbons (Fsp3) is 0.417. The quantitative estimate of drug-likeness (QED) is 0.805. The smallest absolute Gasteiger partial charge is 0.360 e. The summed E-state index contributed by atoms with van der Waals surface area (Å²) in [6.45, 7) is 5.21. The normalized spacial score (nSPS) is 11.5. The highest BCUT2D eigenvalue weighted by molar-refractivity contribution is 7.80. The van der Waals surface area contributed by atoms with E-state index in [1.54, 1.807) is 6.07 Å². The Labute approximate surface area is 110 Å². The van der Waals surface area contributed by atoms with Crippen molar-refractivity contribution < 1.29 is 13.2 Å². The first-order valence-corrected chi connectivity index (χ1v) is 5.86. The van der Waals surface area contributed by atoms with Gasteiger partial charge in [-0.25, -0.2) is 0 Å². The van der Waals surface area contributed by atoms with Crippen molar-refractivity contribution in [3.8, 4) is 0 Å². The summed E-state index contributed by atoms with van der Waals surface area (Å²) in [7, 11) is 0. The molecule has 6 heteroatoms. The first-order chi connectivity index (χ1) is 8.20.